The van der Waals surface area contributed by atoms with Gasteiger partial charge in [-0.3, -0.25) is 0 Å². The van der Waals surface area contributed by atoms with Gasteiger partial charge in [-0.1, -0.05) is 17.7 Å². The highest BCUT2D eigenvalue weighted by Crippen LogP contribution is 2.23. The van der Waals surface area contributed by atoms with Gasteiger partial charge in [-0.15, -0.1) is 0 Å². The van der Waals surface area contributed by atoms with Crippen molar-refractivity contribution >= 4 is 17.4 Å². The predicted molar refractivity (Wildman–Crippen MR) is 62.5 cm³/mol. The van der Waals surface area contributed by atoms with Crippen LogP contribution in [-0.4, -0.2) is 9.78 Å². The Morgan fingerprint density at radius 1 is 1.27 bits per heavy atom. The number of nitrogens with two attached hydrogens (primary N) is 1. The fourth-order valence-corrected chi connectivity index (χ4v) is 1.70. The highest BCUT2D eigenvalue weighted by Gasteiger charge is 2.08. The largest absolute Gasteiger partial charge is 0.384 e. The molecule has 0 amide bonds. The molecule has 0 bridgehead atoms. The SMILES string of the molecule is Cc1ccc(Cl)c(-n2nc(C)cc2N)c1. The fourth-order valence-electron chi connectivity index (χ4n) is 1.50. The Bertz CT molecular complexity index is 503. The smallest absolute Gasteiger partial charge is 0.127 e. The number of anilines is 1. The van der Waals surface area contributed by atoms with E-state index in [1.807, 2.05) is 38.1 Å². The lowest BCUT2D eigenvalue weighted by molar-refractivity contribution is 0.871. The zero-order valence-electron chi connectivity index (χ0n) is 8.66. The van der Waals surface area contributed by atoms with Crippen LogP contribution in [0, 0.1) is 13.8 Å². The minimum atomic E-state index is 0.597. The Balaban J connectivity index is 2.62. The number of hydrogen-bond donors (Lipinski definition) is 1. The number of aromatic nitrogens is 2. The maximum absolute atomic E-state index is 6.10. The fraction of sp³-hybridized carbons (Fsp3) is 0.182. The van der Waals surface area contributed by atoms with Gasteiger partial charge in [-0.25, -0.2) is 4.68 Å². The second-order valence-corrected chi connectivity index (χ2v) is 3.98. The van der Waals surface area contributed by atoms with E-state index in [4.69, 9.17) is 17.3 Å². The molecular formula is C11H12ClN3. The van der Waals surface area contributed by atoms with E-state index in [-0.39, 0.29) is 0 Å². The highest BCUT2D eigenvalue weighted by molar-refractivity contribution is 6.32. The molecule has 4 heteroatoms. The summed E-state index contributed by atoms with van der Waals surface area (Å²) in [5.74, 6) is 0.597. The van der Waals surface area contributed by atoms with Crippen LogP contribution in [-0.2, 0) is 0 Å². The van der Waals surface area contributed by atoms with E-state index < -0.39 is 0 Å². The number of nitrogen functional groups attached to an aromatic ring is 1. The molecule has 0 atom stereocenters. The second-order valence-electron chi connectivity index (χ2n) is 3.58. The van der Waals surface area contributed by atoms with Crippen LogP contribution >= 0.6 is 11.6 Å². The standard InChI is InChI=1S/C11H12ClN3/c1-7-3-4-9(12)10(5-7)15-11(13)6-8(2)14-15/h3-6H,13H2,1-2H3. The zero-order chi connectivity index (χ0) is 11.0. The Morgan fingerprint density at radius 3 is 2.60 bits per heavy atom. The maximum Gasteiger partial charge on any atom is 0.127 e. The van der Waals surface area contributed by atoms with Crippen LogP contribution in [0.25, 0.3) is 5.69 Å². The van der Waals surface area contributed by atoms with E-state index >= 15 is 0 Å². The summed E-state index contributed by atoms with van der Waals surface area (Å²) in [5, 5.41) is 4.94. The minimum Gasteiger partial charge on any atom is -0.384 e. The Labute approximate surface area is 93.5 Å². The van der Waals surface area contributed by atoms with Crippen molar-refractivity contribution in [3.8, 4) is 5.69 Å². The molecule has 0 unspecified atom stereocenters. The molecule has 1 aromatic carbocycles. The Kier molecular flexibility index (Phi) is 2.40. The van der Waals surface area contributed by atoms with Crippen molar-refractivity contribution in [2.45, 2.75) is 13.8 Å². The van der Waals surface area contributed by atoms with Gasteiger partial charge in [0.05, 0.1) is 16.4 Å². The summed E-state index contributed by atoms with van der Waals surface area (Å²) >= 11 is 6.10. The summed E-state index contributed by atoms with van der Waals surface area (Å²) in [5.41, 5.74) is 8.66. The van der Waals surface area contributed by atoms with Gasteiger partial charge in [0, 0.05) is 6.07 Å². The van der Waals surface area contributed by atoms with Gasteiger partial charge in [0.1, 0.15) is 5.82 Å². The van der Waals surface area contributed by atoms with Crippen LogP contribution in [0.15, 0.2) is 24.3 Å². The van der Waals surface area contributed by atoms with Crippen molar-refractivity contribution in [1.29, 1.82) is 0 Å². The van der Waals surface area contributed by atoms with E-state index in [0.717, 1.165) is 16.9 Å². The summed E-state index contributed by atoms with van der Waals surface area (Å²) in [7, 11) is 0. The molecule has 0 fully saturated rings. The zero-order valence-corrected chi connectivity index (χ0v) is 9.42. The van der Waals surface area contributed by atoms with Gasteiger partial charge in [0.15, 0.2) is 0 Å². The van der Waals surface area contributed by atoms with Crippen molar-refractivity contribution < 1.29 is 0 Å². The number of halogens is 1. The summed E-state index contributed by atoms with van der Waals surface area (Å²) < 4.78 is 1.66. The van der Waals surface area contributed by atoms with Crippen molar-refractivity contribution in [2.75, 3.05) is 5.73 Å². The first-order chi connectivity index (χ1) is 7.08. The number of benzene rings is 1. The molecule has 0 saturated heterocycles. The topological polar surface area (TPSA) is 43.8 Å². The normalized spacial score (nSPS) is 10.6. The van der Waals surface area contributed by atoms with E-state index in [9.17, 15) is 0 Å². The summed E-state index contributed by atoms with van der Waals surface area (Å²) in [6.45, 7) is 3.91. The minimum absolute atomic E-state index is 0.597. The van der Waals surface area contributed by atoms with Crippen LogP contribution in [0.2, 0.25) is 5.02 Å². The summed E-state index contributed by atoms with van der Waals surface area (Å²) in [6.07, 6.45) is 0. The van der Waals surface area contributed by atoms with E-state index in [0.29, 0.717) is 10.8 Å². The molecule has 2 rings (SSSR count). The highest BCUT2D eigenvalue weighted by atomic mass is 35.5. The summed E-state index contributed by atoms with van der Waals surface area (Å²) in [6, 6.07) is 7.59. The molecule has 0 aliphatic carbocycles. The lowest BCUT2D eigenvalue weighted by Gasteiger charge is -2.07. The van der Waals surface area contributed by atoms with Crippen LogP contribution in [0.3, 0.4) is 0 Å². The maximum atomic E-state index is 6.10. The molecule has 1 aromatic heterocycles. The van der Waals surface area contributed by atoms with E-state index in [2.05, 4.69) is 5.10 Å². The Hall–Kier alpha value is -1.48. The third-order valence-electron chi connectivity index (χ3n) is 2.19. The van der Waals surface area contributed by atoms with Gasteiger partial charge in [-0.2, -0.15) is 5.10 Å². The van der Waals surface area contributed by atoms with Gasteiger partial charge >= 0.3 is 0 Å². The first-order valence-corrected chi connectivity index (χ1v) is 5.04. The van der Waals surface area contributed by atoms with Gasteiger partial charge in [-0.05, 0) is 31.5 Å². The quantitative estimate of drug-likeness (QED) is 0.805. The Morgan fingerprint density at radius 2 is 2.00 bits per heavy atom. The van der Waals surface area contributed by atoms with Gasteiger partial charge < -0.3 is 5.73 Å². The van der Waals surface area contributed by atoms with Crippen molar-refractivity contribution in [3.63, 3.8) is 0 Å². The van der Waals surface area contributed by atoms with Crippen LogP contribution < -0.4 is 5.73 Å². The van der Waals surface area contributed by atoms with Crippen molar-refractivity contribution in [2.24, 2.45) is 0 Å². The molecule has 2 aromatic rings. The van der Waals surface area contributed by atoms with Gasteiger partial charge in [0.2, 0.25) is 0 Å². The molecule has 0 spiro atoms. The number of hydrogen-bond acceptors (Lipinski definition) is 2. The summed E-state index contributed by atoms with van der Waals surface area (Å²) in [4.78, 5) is 0. The van der Waals surface area contributed by atoms with Crippen LogP contribution in [0.5, 0.6) is 0 Å². The van der Waals surface area contributed by atoms with Crippen molar-refractivity contribution in [1.82, 2.24) is 9.78 Å². The number of aryl methyl sites for hydroxylation is 2. The number of rotatable bonds is 1. The van der Waals surface area contributed by atoms with E-state index in [1.165, 1.54) is 0 Å². The monoisotopic (exact) mass is 221 g/mol. The lowest BCUT2D eigenvalue weighted by atomic mass is 10.2. The molecular weight excluding hydrogens is 210 g/mol. The van der Waals surface area contributed by atoms with E-state index in [1.54, 1.807) is 4.68 Å². The third kappa shape index (κ3) is 1.83. The predicted octanol–water partition coefficient (Wildman–Crippen LogP) is 2.72. The molecule has 0 saturated carbocycles. The second kappa shape index (κ2) is 3.59. The molecule has 0 aliphatic rings. The molecule has 0 aliphatic heterocycles. The first kappa shape index (κ1) is 10.1. The average Bonchev–Trinajstić information content (AvgIpc) is 2.50. The first-order valence-electron chi connectivity index (χ1n) is 4.66. The van der Waals surface area contributed by atoms with Crippen LogP contribution in [0.4, 0.5) is 5.82 Å². The van der Waals surface area contributed by atoms with Crippen LogP contribution in [0.1, 0.15) is 11.3 Å². The van der Waals surface area contributed by atoms with Crippen molar-refractivity contribution in [3.05, 3.63) is 40.5 Å². The molecule has 2 N–H and O–H groups in total. The molecule has 78 valence electrons. The molecule has 15 heavy (non-hydrogen) atoms. The van der Waals surface area contributed by atoms with Gasteiger partial charge in [0.25, 0.3) is 0 Å². The molecule has 1 heterocycles. The number of nitrogens with zero attached hydrogens (tertiary/aromatic N) is 2. The molecule has 3 nitrogen and oxygen atoms in total. The lowest BCUT2D eigenvalue weighted by Crippen LogP contribution is -2.02. The third-order valence-corrected chi connectivity index (χ3v) is 2.51. The average molecular weight is 222 g/mol. The molecule has 0 radical (unpaired) electrons.